The van der Waals surface area contributed by atoms with Gasteiger partial charge in [0.25, 0.3) is 5.91 Å². The van der Waals surface area contributed by atoms with Gasteiger partial charge in [0.1, 0.15) is 11.6 Å². The van der Waals surface area contributed by atoms with E-state index < -0.39 is 17.8 Å². The van der Waals surface area contributed by atoms with Crippen LogP contribution in [0.2, 0.25) is 0 Å². The van der Waals surface area contributed by atoms with Crippen LogP contribution >= 0.6 is 0 Å². The molecule has 0 radical (unpaired) electrons. The molecule has 0 aliphatic heterocycles. The molecule has 1 heterocycles. The Morgan fingerprint density at radius 1 is 0.971 bits per heavy atom. The number of Topliss-reactive ketones (excluding diaryl/α,β-unsaturated/α-hetero) is 1. The molecule has 1 aliphatic rings. The summed E-state index contributed by atoms with van der Waals surface area (Å²) >= 11 is 0. The van der Waals surface area contributed by atoms with Crippen LogP contribution in [0.5, 0.6) is 0 Å². The van der Waals surface area contributed by atoms with Crippen LogP contribution in [0.15, 0.2) is 72.8 Å². The lowest BCUT2D eigenvalue weighted by atomic mass is 9.76. The van der Waals surface area contributed by atoms with Crippen molar-refractivity contribution in [1.82, 2.24) is 15.1 Å². The number of nitrogens with one attached hydrogen (secondary N) is 1. The second-order valence-corrected chi connectivity index (χ2v) is 8.83. The summed E-state index contributed by atoms with van der Waals surface area (Å²) in [5.41, 5.74) is 4.87. The fraction of sp³-hybridized carbons (Fsp3) is 0.179. The second kappa shape index (κ2) is 8.91. The summed E-state index contributed by atoms with van der Waals surface area (Å²) in [6.45, 7) is 3.73. The van der Waals surface area contributed by atoms with E-state index in [9.17, 15) is 18.4 Å². The molecular weight excluding hydrogens is 448 g/mol. The molecular formula is C28H23F2N3O2. The van der Waals surface area contributed by atoms with Gasteiger partial charge in [-0.2, -0.15) is 5.10 Å². The fourth-order valence-corrected chi connectivity index (χ4v) is 4.79. The quantitative estimate of drug-likeness (QED) is 0.464. The van der Waals surface area contributed by atoms with E-state index in [2.05, 4.69) is 10.4 Å². The summed E-state index contributed by atoms with van der Waals surface area (Å²) in [5, 5.41) is 7.59. The van der Waals surface area contributed by atoms with Crippen molar-refractivity contribution in [3.63, 3.8) is 0 Å². The smallest absolute Gasteiger partial charge is 0.251 e. The van der Waals surface area contributed by atoms with Gasteiger partial charge in [0, 0.05) is 17.0 Å². The molecule has 0 saturated carbocycles. The number of amides is 1. The van der Waals surface area contributed by atoms with Crippen molar-refractivity contribution in [2.75, 3.05) is 0 Å². The van der Waals surface area contributed by atoms with Gasteiger partial charge in [0.15, 0.2) is 5.78 Å². The first-order valence-corrected chi connectivity index (χ1v) is 11.3. The zero-order chi connectivity index (χ0) is 24.7. The predicted octanol–water partition coefficient (Wildman–Crippen LogP) is 4.82. The van der Waals surface area contributed by atoms with Gasteiger partial charge in [-0.1, -0.05) is 29.8 Å². The molecule has 0 unspecified atom stereocenters. The Morgan fingerprint density at radius 2 is 1.63 bits per heavy atom. The number of benzene rings is 3. The van der Waals surface area contributed by atoms with E-state index in [0.717, 1.165) is 11.1 Å². The number of ketones is 1. The number of fused-ring (bicyclic) bond motifs is 1. The van der Waals surface area contributed by atoms with Gasteiger partial charge >= 0.3 is 0 Å². The number of carbonyl (C=O) groups excluding carboxylic acids is 2. The van der Waals surface area contributed by atoms with Gasteiger partial charge < -0.3 is 5.32 Å². The van der Waals surface area contributed by atoms with Crippen molar-refractivity contribution < 1.29 is 18.4 Å². The monoisotopic (exact) mass is 471 g/mol. The third-order valence-electron chi connectivity index (χ3n) is 6.41. The molecule has 5 nitrogen and oxygen atoms in total. The number of aryl methyl sites for hydroxylation is 2. The van der Waals surface area contributed by atoms with Gasteiger partial charge in [-0.25, -0.2) is 13.5 Å². The first-order valence-electron chi connectivity index (χ1n) is 11.3. The standard InChI is InChI=1S/C28H23F2N3O2/c1-16-4-3-5-19(14-16)28(35)31-27-24(34)15-23-25(26(27)18-6-8-20(29)9-7-18)17(2)32-33(23)22-12-10-21(30)11-13-22/h3-14,26-27H,15H2,1-2H3,(H,31,35)/t26-,27+/m0/s1. The van der Waals surface area contributed by atoms with Gasteiger partial charge in [0.05, 0.1) is 29.5 Å². The molecule has 176 valence electrons. The summed E-state index contributed by atoms with van der Waals surface area (Å²) in [4.78, 5) is 26.6. The Balaban J connectivity index is 1.62. The number of hydrogen-bond acceptors (Lipinski definition) is 3. The number of carbonyl (C=O) groups is 2. The Kier molecular flexibility index (Phi) is 5.76. The summed E-state index contributed by atoms with van der Waals surface area (Å²) in [5.74, 6) is -1.86. The highest BCUT2D eigenvalue weighted by Crippen LogP contribution is 2.39. The first-order chi connectivity index (χ1) is 16.8. The maximum atomic E-state index is 13.7. The topological polar surface area (TPSA) is 64.0 Å². The first kappa shape index (κ1) is 22.7. The Labute approximate surface area is 201 Å². The zero-order valence-electron chi connectivity index (χ0n) is 19.3. The third-order valence-corrected chi connectivity index (χ3v) is 6.41. The highest BCUT2D eigenvalue weighted by atomic mass is 19.1. The molecule has 0 fully saturated rings. The van der Waals surface area contributed by atoms with Crippen LogP contribution in [0, 0.1) is 25.5 Å². The molecule has 7 heteroatoms. The van der Waals surface area contributed by atoms with Gasteiger partial charge in [-0.05, 0) is 67.9 Å². The molecule has 0 bridgehead atoms. The Bertz CT molecular complexity index is 1430. The van der Waals surface area contributed by atoms with Crippen molar-refractivity contribution in [2.45, 2.75) is 32.2 Å². The lowest BCUT2D eigenvalue weighted by Gasteiger charge is -2.32. The number of rotatable bonds is 4. The van der Waals surface area contributed by atoms with Crippen LogP contribution in [0.4, 0.5) is 8.78 Å². The number of aromatic nitrogens is 2. The normalized spacial score (nSPS) is 17.2. The largest absolute Gasteiger partial charge is 0.341 e. The van der Waals surface area contributed by atoms with Gasteiger partial charge in [0.2, 0.25) is 0 Å². The summed E-state index contributed by atoms with van der Waals surface area (Å²) in [6, 6.07) is 18.1. The van der Waals surface area contributed by atoms with E-state index in [1.54, 1.807) is 47.1 Å². The average molecular weight is 472 g/mol. The average Bonchev–Trinajstić information content (AvgIpc) is 3.16. The van der Waals surface area contributed by atoms with Crippen LogP contribution < -0.4 is 5.32 Å². The van der Waals surface area contributed by atoms with E-state index in [1.165, 1.54) is 24.3 Å². The Morgan fingerprint density at radius 3 is 2.29 bits per heavy atom. The van der Waals surface area contributed by atoms with E-state index in [4.69, 9.17) is 0 Å². The van der Waals surface area contributed by atoms with E-state index in [-0.39, 0.29) is 23.9 Å². The van der Waals surface area contributed by atoms with Crippen molar-refractivity contribution >= 4 is 11.7 Å². The molecule has 1 aliphatic carbocycles. The third kappa shape index (κ3) is 4.25. The van der Waals surface area contributed by atoms with Crippen LogP contribution in [-0.4, -0.2) is 27.5 Å². The fourth-order valence-electron chi connectivity index (χ4n) is 4.79. The summed E-state index contributed by atoms with van der Waals surface area (Å²) in [6.07, 6.45) is 0.0456. The van der Waals surface area contributed by atoms with Gasteiger partial charge in [-0.15, -0.1) is 0 Å². The highest BCUT2D eigenvalue weighted by molar-refractivity contribution is 6.00. The number of halogens is 2. The van der Waals surface area contributed by atoms with Crippen molar-refractivity contribution in [2.24, 2.45) is 0 Å². The lowest BCUT2D eigenvalue weighted by Crippen LogP contribution is -2.48. The molecule has 4 aromatic rings. The van der Waals surface area contributed by atoms with Gasteiger partial charge in [-0.3, -0.25) is 9.59 Å². The minimum Gasteiger partial charge on any atom is -0.341 e. The molecule has 5 rings (SSSR count). The molecule has 0 spiro atoms. The van der Waals surface area contributed by atoms with Crippen LogP contribution in [-0.2, 0) is 11.2 Å². The van der Waals surface area contributed by atoms with Crippen LogP contribution in [0.25, 0.3) is 5.69 Å². The molecule has 3 aromatic carbocycles. The van der Waals surface area contributed by atoms with Crippen molar-refractivity contribution in [3.05, 3.63) is 118 Å². The number of hydrogen-bond donors (Lipinski definition) is 1. The second-order valence-electron chi connectivity index (χ2n) is 8.83. The molecule has 1 N–H and O–H groups in total. The SMILES string of the molecule is Cc1cccc(C(=O)N[C@@H]2C(=O)Cc3c(c(C)nn3-c3ccc(F)cc3)[C@@H]2c2ccc(F)cc2)c1. The van der Waals surface area contributed by atoms with Crippen LogP contribution in [0.1, 0.15) is 44.4 Å². The maximum absolute atomic E-state index is 13.7. The molecule has 0 saturated heterocycles. The van der Waals surface area contributed by atoms with E-state index >= 15 is 0 Å². The highest BCUT2D eigenvalue weighted by Gasteiger charge is 2.41. The lowest BCUT2D eigenvalue weighted by molar-refractivity contribution is -0.121. The van der Waals surface area contributed by atoms with Crippen molar-refractivity contribution in [1.29, 1.82) is 0 Å². The van der Waals surface area contributed by atoms with Crippen LogP contribution in [0.3, 0.4) is 0 Å². The van der Waals surface area contributed by atoms with E-state index in [0.29, 0.717) is 28.2 Å². The molecule has 2 atom stereocenters. The zero-order valence-corrected chi connectivity index (χ0v) is 19.3. The predicted molar refractivity (Wildman–Crippen MR) is 128 cm³/mol. The number of nitrogens with zero attached hydrogens (tertiary/aromatic N) is 2. The van der Waals surface area contributed by atoms with Crippen molar-refractivity contribution in [3.8, 4) is 5.69 Å². The Hall–Kier alpha value is -4.13. The van der Waals surface area contributed by atoms with E-state index in [1.807, 2.05) is 19.9 Å². The minimum absolute atomic E-state index is 0.0456. The molecule has 1 aromatic heterocycles. The minimum atomic E-state index is -0.856. The molecule has 1 amide bonds. The summed E-state index contributed by atoms with van der Waals surface area (Å²) in [7, 11) is 0. The summed E-state index contributed by atoms with van der Waals surface area (Å²) < 4.78 is 28.9. The maximum Gasteiger partial charge on any atom is 0.251 e. The molecule has 35 heavy (non-hydrogen) atoms.